The quantitative estimate of drug-likeness (QED) is 0.469. The number of aliphatic hydroxyl groups excluding tert-OH is 1. The fourth-order valence-electron chi connectivity index (χ4n) is 4.85. The Bertz CT molecular complexity index is 1220. The molecular weight excluding hydrogens is 546 g/mol. The monoisotopic (exact) mass is 574 g/mol. The first kappa shape index (κ1) is 29.6. The molecule has 0 saturated carbocycles. The van der Waals surface area contributed by atoms with Gasteiger partial charge < -0.3 is 20.5 Å². The zero-order chi connectivity index (χ0) is 29.2. The van der Waals surface area contributed by atoms with Gasteiger partial charge in [-0.1, -0.05) is 0 Å². The second kappa shape index (κ2) is 11.6. The summed E-state index contributed by atoms with van der Waals surface area (Å²) in [5, 5.41) is 9.81. The first-order valence-corrected chi connectivity index (χ1v) is 12.6. The van der Waals surface area contributed by atoms with Crippen LogP contribution in [-0.2, 0) is 4.79 Å². The number of rotatable bonds is 8. The summed E-state index contributed by atoms with van der Waals surface area (Å²) in [5.41, 5.74) is 5.66. The number of ether oxygens (including phenoxy) is 1. The van der Waals surface area contributed by atoms with Gasteiger partial charge in [0, 0.05) is 24.1 Å². The first-order valence-electron chi connectivity index (χ1n) is 12.6. The lowest BCUT2D eigenvalue weighted by molar-refractivity contribution is -0.287. The molecule has 218 valence electrons. The van der Waals surface area contributed by atoms with E-state index in [1.54, 1.807) is 6.07 Å². The molecule has 2 atom stereocenters. The van der Waals surface area contributed by atoms with Crippen molar-refractivity contribution in [3.05, 3.63) is 47.9 Å². The molecule has 40 heavy (non-hydrogen) atoms. The minimum Gasteiger partial charge on any atom is -0.492 e. The fourth-order valence-corrected chi connectivity index (χ4v) is 4.85. The molecule has 2 aromatic rings. The highest BCUT2D eigenvalue weighted by Crippen LogP contribution is 2.37. The molecule has 3 heterocycles. The minimum absolute atomic E-state index is 0.0139. The average Bonchev–Trinajstić information content (AvgIpc) is 3.29. The van der Waals surface area contributed by atoms with Crippen LogP contribution in [-0.4, -0.2) is 88.7 Å². The van der Waals surface area contributed by atoms with E-state index in [-0.39, 0.29) is 55.4 Å². The Kier molecular flexibility index (Phi) is 8.59. The maximum atomic E-state index is 14.9. The number of halogens is 6. The highest BCUT2D eigenvalue weighted by Gasteiger charge is 2.58. The third-order valence-corrected chi connectivity index (χ3v) is 7.13. The van der Waals surface area contributed by atoms with Crippen molar-refractivity contribution in [2.24, 2.45) is 11.7 Å². The van der Waals surface area contributed by atoms with E-state index in [1.165, 1.54) is 24.4 Å². The lowest BCUT2D eigenvalue weighted by Gasteiger charge is -2.34. The summed E-state index contributed by atoms with van der Waals surface area (Å²) in [6.45, 7) is -1.05. The number of nitrogens with zero attached hydrogens (tertiary/aromatic N) is 3. The number of pyridine rings is 1. The molecule has 0 spiro atoms. The fraction of sp³-hybridized carbons (Fsp3) is 0.500. The Labute approximate surface area is 225 Å². The third-order valence-electron chi connectivity index (χ3n) is 7.13. The van der Waals surface area contributed by atoms with Crippen molar-refractivity contribution in [2.75, 3.05) is 32.8 Å². The summed E-state index contributed by atoms with van der Waals surface area (Å²) >= 11 is 0. The van der Waals surface area contributed by atoms with Crippen LogP contribution in [0.1, 0.15) is 29.6 Å². The molecule has 2 saturated heterocycles. The minimum atomic E-state index is -5.58. The molecule has 2 fully saturated rings. The normalized spacial score (nSPS) is 21.0. The number of hydrogen-bond donors (Lipinski definition) is 2. The predicted molar refractivity (Wildman–Crippen MR) is 130 cm³/mol. The van der Waals surface area contributed by atoms with Crippen molar-refractivity contribution >= 4 is 11.8 Å². The van der Waals surface area contributed by atoms with E-state index in [9.17, 15) is 41.0 Å². The van der Waals surface area contributed by atoms with Crippen molar-refractivity contribution in [2.45, 2.75) is 43.5 Å². The number of piperidine rings is 1. The molecule has 14 heteroatoms. The summed E-state index contributed by atoms with van der Waals surface area (Å²) in [6, 6.07) is 5.86. The van der Waals surface area contributed by atoms with Gasteiger partial charge in [0.2, 0.25) is 5.91 Å². The number of carbonyl (C=O) groups is 2. The van der Waals surface area contributed by atoms with Crippen molar-refractivity contribution < 1.29 is 45.8 Å². The Balaban J connectivity index is 1.31. The van der Waals surface area contributed by atoms with Gasteiger partial charge >= 0.3 is 12.1 Å². The van der Waals surface area contributed by atoms with E-state index in [0.717, 1.165) is 15.9 Å². The van der Waals surface area contributed by atoms with Crippen molar-refractivity contribution in [1.29, 1.82) is 0 Å². The predicted octanol–water partition coefficient (Wildman–Crippen LogP) is 3.24. The number of likely N-dealkylation sites (tertiary alicyclic amines) is 2. The van der Waals surface area contributed by atoms with Gasteiger partial charge in [0.25, 0.3) is 5.91 Å². The average molecular weight is 575 g/mol. The lowest BCUT2D eigenvalue weighted by atomic mass is 9.97. The molecule has 4 rings (SSSR count). The Hall–Kier alpha value is -3.39. The van der Waals surface area contributed by atoms with Crippen molar-refractivity contribution in [3.8, 4) is 17.0 Å². The number of primary amides is 1. The van der Waals surface area contributed by atoms with Crippen LogP contribution in [0, 0.1) is 11.7 Å². The first-order chi connectivity index (χ1) is 18.7. The van der Waals surface area contributed by atoms with Crippen molar-refractivity contribution in [3.63, 3.8) is 0 Å². The number of β-amino-alcohol motifs (C(OH)–C–C–N with tert-alkyl or cyclic N) is 1. The summed E-state index contributed by atoms with van der Waals surface area (Å²) < 4.78 is 84.4. The van der Waals surface area contributed by atoms with E-state index >= 15 is 0 Å². The van der Waals surface area contributed by atoms with E-state index < -0.39 is 48.4 Å². The summed E-state index contributed by atoms with van der Waals surface area (Å²) in [6.07, 6.45) is -4.31. The molecule has 1 aromatic heterocycles. The number of aliphatic hydroxyl groups is 1. The van der Waals surface area contributed by atoms with Crippen LogP contribution < -0.4 is 10.5 Å². The maximum Gasteiger partial charge on any atom is 0.454 e. The van der Waals surface area contributed by atoms with Gasteiger partial charge in [-0.2, -0.15) is 22.0 Å². The standard InChI is InChI=1S/C26H28F6N4O4/c27-20-9-16(24(39)36-12-17(37)10-22(36)23(33)38)1-3-19(20)21-4-2-18(11-34-21)40-13-15-5-7-35(8-6-15)14-25(28,29)26(30,31)32/h1-4,9,11,15,17,22,37H,5-8,10,12-14H2,(H2,33,38)/t17-,22+/m1/s1. The van der Waals surface area contributed by atoms with Crippen LogP contribution in [0.2, 0.25) is 0 Å². The number of alkyl halides is 5. The van der Waals surface area contributed by atoms with Gasteiger partial charge in [0.15, 0.2) is 0 Å². The summed E-state index contributed by atoms with van der Waals surface area (Å²) in [7, 11) is 0. The van der Waals surface area contributed by atoms with Crippen LogP contribution in [0.25, 0.3) is 11.3 Å². The number of benzene rings is 1. The van der Waals surface area contributed by atoms with E-state index in [1.807, 2.05) is 0 Å². The van der Waals surface area contributed by atoms with Crippen LogP contribution in [0.4, 0.5) is 26.3 Å². The highest BCUT2D eigenvalue weighted by molar-refractivity contribution is 5.98. The smallest absolute Gasteiger partial charge is 0.454 e. The maximum absolute atomic E-state index is 14.9. The SMILES string of the molecule is NC(=O)[C@@H]1C[C@@H](O)CN1C(=O)c1ccc(-c2ccc(OCC3CCN(CC(F)(F)C(F)(F)F)CC3)cn2)c(F)c1. The van der Waals surface area contributed by atoms with Gasteiger partial charge in [-0.05, 0) is 62.2 Å². The highest BCUT2D eigenvalue weighted by atomic mass is 19.4. The molecule has 8 nitrogen and oxygen atoms in total. The van der Waals surface area contributed by atoms with Crippen LogP contribution in [0.5, 0.6) is 5.75 Å². The van der Waals surface area contributed by atoms with Gasteiger partial charge in [-0.3, -0.25) is 19.5 Å². The zero-order valence-electron chi connectivity index (χ0n) is 21.2. The molecule has 0 aliphatic carbocycles. The summed E-state index contributed by atoms with van der Waals surface area (Å²) in [4.78, 5) is 30.8. The second-order valence-electron chi connectivity index (χ2n) is 10.1. The van der Waals surface area contributed by atoms with Gasteiger partial charge in [0.1, 0.15) is 17.6 Å². The second-order valence-corrected chi connectivity index (χ2v) is 10.1. The lowest BCUT2D eigenvalue weighted by Crippen LogP contribution is -2.49. The van der Waals surface area contributed by atoms with Crippen molar-refractivity contribution in [1.82, 2.24) is 14.8 Å². The molecule has 2 aliphatic rings. The van der Waals surface area contributed by atoms with E-state index in [2.05, 4.69) is 4.98 Å². The number of carbonyl (C=O) groups excluding carboxylic acids is 2. The van der Waals surface area contributed by atoms with Crippen LogP contribution >= 0.6 is 0 Å². The Morgan fingerprint density at radius 2 is 1.80 bits per heavy atom. The third kappa shape index (κ3) is 6.66. The van der Waals surface area contributed by atoms with E-state index in [0.29, 0.717) is 18.6 Å². The Morgan fingerprint density at radius 3 is 2.38 bits per heavy atom. The molecule has 0 bridgehead atoms. The number of hydrogen-bond acceptors (Lipinski definition) is 6. The Morgan fingerprint density at radius 1 is 1.10 bits per heavy atom. The molecular formula is C26H28F6N4O4. The molecule has 2 amide bonds. The number of amides is 2. The van der Waals surface area contributed by atoms with Gasteiger partial charge in [0.05, 0.1) is 31.1 Å². The zero-order valence-corrected chi connectivity index (χ0v) is 21.2. The van der Waals surface area contributed by atoms with Gasteiger partial charge in [-0.15, -0.1) is 0 Å². The van der Waals surface area contributed by atoms with Crippen LogP contribution in [0.15, 0.2) is 36.5 Å². The van der Waals surface area contributed by atoms with Crippen LogP contribution in [0.3, 0.4) is 0 Å². The van der Waals surface area contributed by atoms with E-state index in [4.69, 9.17) is 10.5 Å². The largest absolute Gasteiger partial charge is 0.492 e. The molecule has 2 aliphatic heterocycles. The molecule has 0 unspecified atom stereocenters. The topological polar surface area (TPSA) is 109 Å². The molecule has 3 N–H and O–H groups in total. The number of aromatic nitrogens is 1. The molecule has 0 radical (unpaired) electrons. The summed E-state index contributed by atoms with van der Waals surface area (Å²) in [5.74, 6) is -6.56. The number of nitrogens with two attached hydrogens (primary N) is 1. The van der Waals surface area contributed by atoms with Gasteiger partial charge in [-0.25, -0.2) is 4.39 Å². The molecule has 1 aromatic carbocycles.